The van der Waals surface area contributed by atoms with Crippen molar-refractivity contribution in [3.05, 3.63) is 32.6 Å². The van der Waals surface area contributed by atoms with E-state index in [1.165, 1.54) is 10.8 Å². The second-order valence-corrected chi connectivity index (χ2v) is 14.2. The predicted molar refractivity (Wildman–Crippen MR) is 102 cm³/mol. The van der Waals surface area contributed by atoms with Crippen molar-refractivity contribution < 1.29 is 18.7 Å². The summed E-state index contributed by atoms with van der Waals surface area (Å²) in [6.07, 6.45) is 0.846. The second kappa shape index (κ2) is 6.66. The van der Waals surface area contributed by atoms with Crippen LogP contribution in [-0.2, 0) is 20.2 Å². The topological polar surface area (TPSA) is 103 Å². The Labute approximate surface area is 159 Å². The van der Waals surface area contributed by atoms with E-state index in [0.29, 0.717) is 13.0 Å². The van der Waals surface area contributed by atoms with Crippen molar-refractivity contribution in [2.24, 2.45) is 0 Å². The Morgan fingerprint density at radius 1 is 1.19 bits per heavy atom. The van der Waals surface area contributed by atoms with Crippen molar-refractivity contribution in [1.29, 1.82) is 0 Å². The summed E-state index contributed by atoms with van der Waals surface area (Å²) < 4.78 is 20.4. The monoisotopic (exact) mass is 398 g/mol. The van der Waals surface area contributed by atoms with Crippen molar-refractivity contribution in [3.8, 4) is 0 Å². The fraction of sp³-hybridized carbons (Fsp3) is 0.778. The van der Waals surface area contributed by atoms with E-state index in [1.807, 2.05) is 0 Å². The molecule has 1 aromatic heterocycles. The molecule has 0 bridgehead atoms. The molecule has 3 atom stereocenters. The maximum atomic E-state index is 12.2. The largest absolute Gasteiger partial charge is 0.391 e. The third-order valence-corrected chi connectivity index (χ3v) is 10.6. The summed E-state index contributed by atoms with van der Waals surface area (Å²) in [5.74, 6) is 0. The average Bonchev–Trinajstić information content (AvgIpc) is 2.95. The average molecular weight is 399 g/mol. The summed E-state index contributed by atoms with van der Waals surface area (Å²) in [5, 5.41) is 9.05. The van der Waals surface area contributed by atoms with Crippen LogP contribution >= 0.6 is 0 Å². The second-order valence-electron chi connectivity index (χ2n) is 9.43. The Kier molecular flexibility index (Phi) is 5.05. The molecule has 0 spiro atoms. The maximum Gasteiger partial charge on any atom is 0.349 e. The summed E-state index contributed by atoms with van der Waals surface area (Å²) in [4.78, 5) is 26.1. The number of hydrogen-bond acceptors (Lipinski definition) is 6. The van der Waals surface area contributed by atoms with Gasteiger partial charge < -0.3 is 18.7 Å². The zero-order valence-corrected chi connectivity index (χ0v) is 17.9. The molecule has 0 amide bonds. The lowest BCUT2D eigenvalue weighted by atomic mass is 10.2. The third kappa shape index (κ3) is 3.36. The van der Waals surface area contributed by atoms with Crippen LogP contribution in [0.3, 0.4) is 0 Å². The molecule has 2 N–H and O–H groups in total. The quantitative estimate of drug-likeness (QED) is 0.736. The number of ether oxygens (including phenoxy) is 1. The Bertz CT molecular complexity index is 805. The van der Waals surface area contributed by atoms with Gasteiger partial charge in [-0.1, -0.05) is 41.5 Å². The smallest absolute Gasteiger partial charge is 0.349 e. The summed E-state index contributed by atoms with van der Waals surface area (Å²) in [7, 11) is -2.61. The van der Waals surface area contributed by atoms with Gasteiger partial charge in [-0.3, -0.25) is 14.3 Å². The number of hydrogen-bond donors (Lipinski definition) is 2. The summed E-state index contributed by atoms with van der Waals surface area (Å²) in [5.41, 5.74) is -1.02. The fourth-order valence-electron chi connectivity index (χ4n) is 4.36. The first-order valence-electron chi connectivity index (χ1n) is 9.32. The van der Waals surface area contributed by atoms with Crippen LogP contribution in [0, 0.1) is 0 Å². The van der Waals surface area contributed by atoms with Gasteiger partial charge in [0.05, 0.1) is 24.9 Å². The summed E-state index contributed by atoms with van der Waals surface area (Å²) in [6.45, 7) is 12.9. The fourth-order valence-corrected chi connectivity index (χ4v) is 9.32. The lowest BCUT2D eigenvalue weighted by Crippen LogP contribution is -2.64. The Morgan fingerprint density at radius 2 is 1.81 bits per heavy atom. The Hall–Kier alpha value is -1.26. The van der Waals surface area contributed by atoms with Gasteiger partial charge in [-0.15, -0.1) is 0 Å². The zero-order chi connectivity index (χ0) is 20.2. The van der Waals surface area contributed by atoms with E-state index >= 15 is 0 Å². The van der Waals surface area contributed by atoms with Gasteiger partial charge in [0, 0.05) is 22.7 Å². The Balaban J connectivity index is 1.90. The number of nitrogens with one attached hydrogen (secondary N) is 1. The van der Waals surface area contributed by atoms with Crippen molar-refractivity contribution in [2.75, 3.05) is 6.61 Å². The van der Waals surface area contributed by atoms with Gasteiger partial charge in [0.15, 0.2) is 0 Å². The van der Waals surface area contributed by atoms with E-state index in [2.05, 4.69) is 46.5 Å². The highest BCUT2D eigenvalue weighted by Crippen LogP contribution is 2.55. The van der Waals surface area contributed by atoms with Gasteiger partial charge in [-0.05, 0) is 0 Å². The lowest BCUT2D eigenvalue weighted by molar-refractivity contribution is -0.0809. The van der Waals surface area contributed by atoms with Crippen LogP contribution in [-0.4, -0.2) is 42.0 Å². The number of aliphatic hydroxyl groups is 1. The van der Waals surface area contributed by atoms with Crippen molar-refractivity contribution >= 4 is 8.56 Å². The molecular formula is C18H30N2O6Si. The molecule has 2 aliphatic rings. The highest BCUT2D eigenvalue weighted by atomic mass is 28.4. The number of aliphatic hydroxyl groups excluding tert-OH is 1. The van der Waals surface area contributed by atoms with Crippen LogP contribution in [0.25, 0.3) is 0 Å². The molecule has 2 saturated heterocycles. The van der Waals surface area contributed by atoms with E-state index in [0.717, 1.165) is 0 Å². The first kappa shape index (κ1) is 20.5. The van der Waals surface area contributed by atoms with Crippen molar-refractivity contribution in [2.45, 2.75) is 83.1 Å². The van der Waals surface area contributed by atoms with Gasteiger partial charge in [0.2, 0.25) is 0 Å². The predicted octanol–water partition coefficient (Wildman–Crippen LogP) is 1.77. The Morgan fingerprint density at radius 3 is 2.37 bits per heavy atom. The van der Waals surface area contributed by atoms with E-state index < -0.39 is 32.6 Å². The minimum absolute atomic E-state index is 0.123. The minimum atomic E-state index is -2.61. The van der Waals surface area contributed by atoms with Gasteiger partial charge in [0.25, 0.3) is 5.56 Å². The molecule has 3 rings (SSSR count). The summed E-state index contributed by atoms with van der Waals surface area (Å²) in [6, 6.07) is 0. The van der Waals surface area contributed by atoms with Crippen LogP contribution in [0.1, 0.15) is 59.8 Å². The number of aromatic nitrogens is 2. The van der Waals surface area contributed by atoms with Crippen molar-refractivity contribution in [1.82, 2.24) is 9.55 Å². The number of rotatable bonds is 2. The highest BCUT2D eigenvalue weighted by Gasteiger charge is 2.63. The van der Waals surface area contributed by atoms with E-state index in [1.54, 1.807) is 0 Å². The van der Waals surface area contributed by atoms with Gasteiger partial charge in [-0.2, -0.15) is 0 Å². The standard InChI is InChI=1S/C18H30N2O6Si/c1-17(2,3)27(18(4,5)6)24-10-13-12(26-27)7-14(25-13)20-8-11(9-21)15(22)19-16(20)23/h8,12-14,21H,7,9-10H2,1-6H3,(H,19,22,23)/t12-,13+,14+/m0/s1. The molecule has 152 valence electrons. The molecule has 1 aromatic rings. The van der Waals surface area contributed by atoms with E-state index in [4.69, 9.17) is 13.6 Å². The summed E-state index contributed by atoms with van der Waals surface area (Å²) >= 11 is 0. The molecule has 27 heavy (non-hydrogen) atoms. The molecule has 0 saturated carbocycles. The molecule has 0 aromatic carbocycles. The lowest BCUT2D eigenvalue weighted by Gasteiger charge is -2.53. The normalized spacial score (nSPS) is 28.2. The SMILES string of the molecule is CC(C)(C)[Si]1(C(C)(C)C)OC[C@H]2O[C@@H](n3cc(CO)c(=O)[nH]c3=O)C[C@@H]2O1. The van der Waals surface area contributed by atoms with Gasteiger partial charge in [-0.25, -0.2) is 4.79 Å². The number of H-pyrrole nitrogens is 1. The number of nitrogens with zero attached hydrogens (tertiary/aromatic N) is 1. The first-order valence-corrected chi connectivity index (χ1v) is 11.1. The van der Waals surface area contributed by atoms with Crippen molar-refractivity contribution in [3.63, 3.8) is 0 Å². The first-order chi connectivity index (χ1) is 12.4. The van der Waals surface area contributed by atoms with Crippen LogP contribution in [0.5, 0.6) is 0 Å². The van der Waals surface area contributed by atoms with Gasteiger partial charge >= 0.3 is 14.3 Å². The van der Waals surface area contributed by atoms with Crippen LogP contribution in [0.2, 0.25) is 10.1 Å². The molecule has 8 nitrogen and oxygen atoms in total. The minimum Gasteiger partial charge on any atom is -0.391 e. The molecular weight excluding hydrogens is 368 g/mol. The maximum absolute atomic E-state index is 12.2. The molecule has 2 aliphatic heterocycles. The molecule has 3 heterocycles. The van der Waals surface area contributed by atoms with Crippen LogP contribution in [0.4, 0.5) is 0 Å². The van der Waals surface area contributed by atoms with Crippen LogP contribution in [0.15, 0.2) is 15.8 Å². The van der Waals surface area contributed by atoms with Crippen LogP contribution < -0.4 is 11.2 Å². The van der Waals surface area contributed by atoms with E-state index in [9.17, 15) is 14.7 Å². The molecule has 0 radical (unpaired) electrons. The number of fused-ring (bicyclic) bond motifs is 1. The number of aromatic amines is 1. The molecule has 2 fully saturated rings. The highest BCUT2D eigenvalue weighted by molar-refractivity contribution is 6.73. The van der Waals surface area contributed by atoms with E-state index in [-0.39, 0.29) is 27.8 Å². The zero-order valence-electron chi connectivity index (χ0n) is 16.9. The molecule has 0 unspecified atom stereocenters. The molecule has 0 aliphatic carbocycles. The molecule has 9 heteroatoms. The third-order valence-electron chi connectivity index (χ3n) is 5.45. The van der Waals surface area contributed by atoms with Gasteiger partial charge in [0.1, 0.15) is 12.3 Å².